The average molecular weight is 540 g/mol. The molecule has 4 aromatic heterocycles. The third kappa shape index (κ3) is 4.73. The average Bonchev–Trinajstić information content (AvgIpc) is 3.76. The van der Waals surface area contributed by atoms with Crippen molar-refractivity contribution in [2.24, 2.45) is 0 Å². The molecule has 5 aromatic rings. The van der Waals surface area contributed by atoms with Gasteiger partial charge in [-0.05, 0) is 59.2 Å². The first-order valence-corrected chi connectivity index (χ1v) is 13.6. The monoisotopic (exact) mass is 539 g/mol. The lowest BCUT2D eigenvalue weighted by Gasteiger charge is -2.31. The van der Waals surface area contributed by atoms with Crippen LogP contribution >= 0.6 is 0 Å². The second kappa shape index (κ2) is 10.6. The molecular weight excluding hydrogens is 510 g/mol. The number of fused-ring (bicyclic) bond motifs is 2. The minimum Gasteiger partial charge on any atom is -0.486 e. The van der Waals surface area contributed by atoms with E-state index in [4.69, 9.17) is 13.9 Å². The van der Waals surface area contributed by atoms with E-state index in [9.17, 15) is 4.79 Å². The summed E-state index contributed by atoms with van der Waals surface area (Å²) >= 11 is 0. The molecule has 0 spiro atoms. The molecule has 2 aliphatic rings. The van der Waals surface area contributed by atoms with Gasteiger partial charge in [0.15, 0.2) is 17.3 Å². The second-order valence-corrected chi connectivity index (χ2v) is 10.3. The maximum absolute atomic E-state index is 13.9. The highest BCUT2D eigenvalue weighted by atomic mass is 16.6. The lowest BCUT2D eigenvalue weighted by atomic mass is 10.0. The standard InChI is InChI=1S/C29H29N7O4/c37-29-23(13-20-14-25-26(15-24(20)31-29)40-12-11-39-25)27(28-32-33-34-36(28)21-6-1-2-7-21)35(18-22-8-4-10-38-22)17-19-5-3-9-30-16-19/h3-5,8-10,13-16,21,27H,1-2,6-7,11-12,17-18H2,(H,31,37)/t27-/m0/s1. The normalized spacial score (nSPS) is 16.1. The summed E-state index contributed by atoms with van der Waals surface area (Å²) in [5, 5.41) is 13.9. The summed E-state index contributed by atoms with van der Waals surface area (Å²) in [7, 11) is 0. The molecule has 1 aliphatic heterocycles. The summed E-state index contributed by atoms with van der Waals surface area (Å²) in [5.41, 5.74) is 1.99. The fraction of sp³-hybridized carbons (Fsp3) is 0.345. The number of aromatic nitrogens is 6. The van der Waals surface area contributed by atoms with Crippen molar-refractivity contribution in [1.29, 1.82) is 0 Å². The molecule has 0 amide bonds. The van der Waals surface area contributed by atoms with Crippen LogP contribution in [-0.4, -0.2) is 48.3 Å². The smallest absolute Gasteiger partial charge is 0.253 e. The molecule has 7 rings (SSSR count). The van der Waals surface area contributed by atoms with Gasteiger partial charge < -0.3 is 18.9 Å². The molecule has 0 saturated heterocycles. The van der Waals surface area contributed by atoms with E-state index < -0.39 is 6.04 Å². The van der Waals surface area contributed by atoms with Gasteiger partial charge in [0.1, 0.15) is 25.0 Å². The molecule has 1 fully saturated rings. The number of H-pyrrole nitrogens is 1. The molecule has 5 heterocycles. The fourth-order valence-electron chi connectivity index (χ4n) is 5.82. The van der Waals surface area contributed by atoms with Crippen molar-refractivity contribution in [3.8, 4) is 11.5 Å². The largest absolute Gasteiger partial charge is 0.486 e. The summed E-state index contributed by atoms with van der Waals surface area (Å²) in [6, 6.07) is 13.0. The second-order valence-electron chi connectivity index (χ2n) is 10.3. The highest BCUT2D eigenvalue weighted by molar-refractivity contribution is 5.83. The SMILES string of the molecule is O=c1[nH]c2cc3c(cc2cc1[C@@H](c1nnnn1C1CCCC1)N(Cc1cccnc1)Cc1ccco1)OCCO3. The van der Waals surface area contributed by atoms with Crippen molar-refractivity contribution in [1.82, 2.24) is 35.1 Å². The van der Waals surface area contributed by atoms with Crippen LogP contribution in [-0.2, 0) is 13.1 Å². The van der Waals surface area contributed by atoms with E-state index in [2.05, 4.69) is 30.4 Å². The van der Waals surface area contributed by atoms with Crippen LogP contribution in [0.15, 0.2) is 70.3 Å². The van der Waals surface area contributed by atoms with Crippen molar-refractivity contribution < 1.29 is 13.9 Å². The Kier molecular flexibility index (Phi) is 6.48. The fourth-order valence-corrected chi connectivity index (χ4v) is 5.82. The van der Waals surface area contributed by atoms with Gasteiger partial charge in [-0.3, -0.25) is 14.7 Å². The van der Waals surface area contributed by atoms with Gasteiger partial charge in [0.25, 0.3) is 5.56 Å². The highest BCUT2D eigenvalue weighted by Crippen LogP contribution is 2.37. The number of nitrogens with one attached hydrogen (secondary N) is 1. The quantitative estimate of drug-likeness (QED) is 0.309. The Labute approximate surface area is 229 Å². The number of nitrogens with zero attached hydrogens (tertiary/aromatic N) is 6. The molecule has 40 heavy (non-hydrogen) atoms. The third-order valence-electron chi connectivity index (χ3n) is 7.68. The predicted molar refractivity (Wildman–Crippen MR) is 145 cm³/mol. The Morgan fingerprint density at radius 3 is 2.67 bits per heavy atom. The maximum Gasteiger partial charge on any atom is 0.253 e. The summed E-state index contributed by atoms with van der Waals surface area (Å²) in [5.74, 6) is 2.68. The molecule has 0 unspecified atom stereocenters. The van der Waals surface area contributed by atoms with Crippen molar-refractivity contribution in [3.05, 3.63) is 94.2 Å². The summed E-state index contributed by atoms with van der Waals surface area (Å²) in [6.07, 6.45) is 9.50. The Balaban J connectivity index is 1.40. The van der Waals surface area contributed by atoms with Crippen LogP contribution in [0.4, 0.5) is 0 Å². The van der Waals surface area contributed by atoms with Gasteiger partial charge in [-0.15, -0.1) is 5.10 Å². The first-order chi connectivity index (χ1) is 19.7. The highest BCUT2D eigenvalue weighted by Gasteiger charge is 2.34. The number of rotatable bonds is 8. The summed E-state index contributed by atoms with van der Waals surface area (Å²) in [6.45, 7) is 1.89. The lowest BCUT2D eigenvalue weighted by molar-refractivity contribution is 0.172. The number of ether oxygens (including phenoxy) is 2. The number of furan rings is 1. The van der Waals surface area contributed by atoms with Crippen LogP contribution in [0.3, 0.4) is 0 Å². The molecule has 1 aromatic carbocycles. The molecule has 1 atom stereocenters. The maximum atomic E-state index is 13.9. The first-order valence-electron chi connectivity index (χ1n) is 13.6. The Hall–Kier alpha value is -4.51. The van der Waals surface area contributed by atoms with Gasteiger partial charge in [-0.2, -0.15) is 0 Å². The van der Waals surface area contributed by atoms with Crippen molar-refractivity contribution in [2.45, 2.75) is 50.9 Å². The minimum atomic E-state index is -0.567. The van der Waals surface area contributed by atoms with Gasteiger partial charge in [-0.1, -0.05) is 18.9 Å². The molecule has 1 saturated carbocycles. The van der Waals surface area contributed by atoms with Gasteiger partial charge in [0, 0.05) is 36.0 Å². The van der Waals surface area contributed by atoms with E-state index >= 15 is 0 Å². The molecule has 1 N–H and O–H groups in total. The van der Waals surface area contributed by atoms with Crippen molar-refractivity contribution in [3.63, 3.8) is 0 Å². The van der Waals surface area contributed by atoms with Crippen LogP contribution in [0.5, 0.6) is 11.5 Å². The van der Waals surface area contributed by atoms with E-state index in [1.54, 1.807) is 12.5 Å². The van der Waals surface area contributed by atoms with E-state index in [1.807, 2.05) is 53.3 Å². The topological polar surface area (TPSA) is 124 Å². The summed E-state index contributed by atoms with van der Waals surface area (Å²) < 4.78 is 19.3. The van der Waals surface area contributed by atoms with Gasteiger partial charge in [0.05, 0.1) is 24.4 Å². The van der Waals surface area contributed by atoms with Crippen LogP contribution in [0.2, 0.25) is 0 Å². The van der Waals surface area contributed by atoms with E-state index in [-0.39, 0.29) is 11.6 Å². The van der Waals surface area contributed by atoms with Crippen LogP contribution in [0.1, 0.15) is 60.5 Å². The van der Waals surface area contributed by atoms with Crippen molar-refractivity contribution in [2.75, 3.05) is 13.2 Å². The zero-order chi connectivity index (χ0) is 26.9. The number of aromatic amines is 1. The summed E-state index contributed by atoms with van der Waals surface area (Å²) in [4.78, 5) is 23.4. The van der Waals surface area contributed by atoms with Gasteiger partial charge in [0.2, 0.25) is 0 Å². The molecule has 11 nitrogen and oxygen atoms in total. The van der Waals surface area contributed by atoms with Crippen molar-refractivity contribution >= 4 is 10.9 Å². The van der Waals surface area contributed by atoms with Gasteiger partial charge >= 0.3 is 0 Å². The minimum absolute atomic E-state index is 0.188. The lowest BCUT2D eigenvalue weighted by Crippen LogP contribution is -2.35. The Morgan fingerprint density at radius 1 is 1.05 bits per heavy atom. The first kappa shape index (κ1) is 24.5. The zero-order valence-corrected chi connectivity index (χ0v) is 21.9. The Bertz CT molecular complexity index is 1660. The van der Waals surface area contributed by atoms with E-state index in [0.717, 1.165) is 42.4 Å². The van der Waals surface area contributed by atoms with E-state index in [0.29, 0.717) is 54.7 Å². The molecule has 204 valence electrons. The molecule has 0 bridgehead atoms. The van der Waals surface area contributed by atoms with Gasteiger partial charge in [-0.25, -0.2) is 4.68 Å². The Morgan fingerprint density at radius 2 is 1.90 bits per heavy atom. The third-order valence-corrected chi connectivity index (χ3v) is 7.68. The number of hydrogen-bond donors (Lipinski definition) is 1. The van der Waals surface area contributed by atoms with Crippen LogP contribution < -0.4 is 15.0 Å². The molecule has 11 heteroatoms. The number of hydrogen-bond acceptors (Lipinski definition) is 9. The number of pyridine rings is 2. The number of tetrazole rings is 1. The van der Waals surface area contributed by atoms with E-state index in [1.165, 1.54) is 0 Å². The zero-order valence-electron chi connectivity index (χ0n) is 21.9. The van der Waals surface area contributed by atoms with Crippen LogP contribution in [0, 0.1) is 0 Å². The molecular formula is C29H29N7O4. The number of benzene rings is 1. The molecule has 0 radical (unpaired) electrons. The molecule has 1 aliphatic carbocycles. The van der Waals surface area contributed by atoms with Crippen LogP contribution in [0.25, 0.3) is 10.9 Å². The predicted octanol–water partition coefficient (Wildman–Crippen LogP) is 4.18.